The molecule has 7 heteroatoms. The van der Waals surface area contributed by atoms with Crippen molar-refractivity contribution in [1.82, 2.24) is 9.97 Å². The van der Waals surface area contributed by atoms with Crippen LogP contribution in [0.1, 0.15) is 6.92 Å². The van der Waals surface area contributed by atoms with Gasteiger partial charge in [0.25, 0.3) is 17.2 Å². The quantitative estimate of drug-likeness (QED) is 0.770. The number of H-pyrrole nitrogens is 1. The Morgan fingerprint density at radius 2 is 2.05 bits per heavy atom. The average molecular weight is 261 g/mol. The smallest absolute Gasteiger partial charge is 0.299 e. The highest BCUT2D eigenvalue weighted by Crippen LogP contribution is 2.24. The number of nitrogens with zero attached hydrogens (tertiary/aromatic N) is 1. The summed E-state index contributed by atoms with van der Waals surface area (Å²) in [6.07, 6.45) is 0. The lowest BCUT2D eigenvalue weighted by Gasteiger charge is -2.07. The molecule has 0 radical (unpaired) electrons. The maximum atomic E-state index is 11.7. The van der Waals surface area contributed by atoms with Crippen LogP contribution in [-0.4, -0.2) is 21.0 Å². The van der Waals surface area contributed by atoms with Crippen molar-refractivity contribution in [2.75, 3.05) is 5.32 Å². The molecule has 1 aromatic carbocycles. The van der Waals surface area contributed by atoms with Crippen molar-refractivity contribution in [3.8, 4) is 17.4 Å². The van der Waals surface area contributed by atoms with Gasteiger partial charge in [0.1, 0.15) is 5.75 Å². The van der Waals surface area contributed by atoms with Gasteiger partial charge in [-0.2, -0.15) is 4.98 Å². The molecule has 0 unspecified atom stereocenters. The molecule has 2 aromatic rings. The molecule has 3 N–H and O–H groups in total. The molecule has 7 nitrogen and oxygen atoms in total. The number of anilines is 1. The van der Waals surface area contributed by atoms with Gasteiger partial charge in [-0.15, -0.1) is 0 Å². The van der Waals surface area contributed by atoms with E-state index < -0.39 is 17.3 Å². The minimum Gasteiger partial charge on any atom is -0.490 e. The zero-order chi connectivity index (χ0) is 13.8. The van der Waals surface area contributed by atoms with Crippen LogP contribution in [0.4, 0.5) is 5.95 Å². The van der Waals surface area contributed by atoms with Crippen LogP contribution in [-0.2, 0) is 4.79 Å². The van der Waals surface area contributed by atoms with Crippen molar-refractivity contribution in [2.24, 2.45) is 0 Å². The number of amides is 1. The maximum Gasteiger partial charge on any atom is 0.299 e. The van der Waals surface area contributed by atoms with E-state index in [1.165, 1.54) is 6.92 Å². The molecule has 98 valence electrons. The Bertz CT molecular complexity index is 652. The first-order chi connectivity index (χ1) is 9.06. The van der Waals surface area contributed by atoms with Gasteiger partial charge in [0.2, 0.25) is 11.9 Å². The minimum atomic E-state index is -0.694. The Balaban J connectivity index is 2.32. The van der Waals surface area contributed by atoms with Crippen molar-refractivity contribution in [3.63, 3.8) is 0 Å². The topological polar surface area (TPSA) is 104 Å². The number of rotatable bonds is 3. The number of benzene rings is 1. The predicted molar refractivity (Wildman–Crippen MR) is 67.3 cm³/mol. The molecule has 0 aliphatic carbocycles. The fraction of sp³-hybridized carbons (Fsp3) is 0.0833. The Hall–Kier alpha value is -2.83. The van der Waals surface area contributed by atoms with E-state index in [1.807, 2.05) is 0 Å². The lowest BCUT2D eigenvalue weighted by Crippen LogP contribution is -2.16. The van der Waals surface area contributed by atoms with Crippen LogP contribution in [0.25, 0.3) is 0 Å². The second kappa shape index (κ2) is 5.21. The van der Waals surface area contributed by atoms with Crippen LogP contribution in [0.2, 0.25) is 0 Å². The molecule has 2 rings (SSSR count). The molecule has 1 aromatic heterocycles. The zero-order valence-corrected chi connectivity index (χ0v) is 10.0. The van der Waals surface area contributed by atoms with E-state index in [9.17, 15) is 14.7 Å². The average Bonchev–Trinajstić information content (AvgIpc) is 2.34. The highest BCUT2D eigenvalue weighted by molar-refractivity contribution is 5.86. The lowest BCUT2D eigenvalue weighted by atomic mass is 10.3. The van der Waals surface area contributed by atoms with Gasteiger partial charge in [-0.05, 0) is 12.1 Å². The third-order valence-electron chi connectivity index (χ3n) is 2.12. The molecule has 0 fully saturated rings. The Labute approximate surface area is 107 Å². The molecule has 0 aliphatic heterocycles. The maximum absolute atomic E-state index is 11.7. The van der Waals surface area contributed by atoms with Crippen molar-refractivity contribution in [3.05, 3.63) is 40.7 Å². The molecule has 0 spiro atoms. The normalized spacial score (nSPS) is 9.95. The van der Waals surface area contributed by atoms with E-state index in [1.54, 1.807) is 30.3 Å². The van der Waals surface area contributed by atoms with Crippen LogP contribution in [0.15, 0.2) is 35.1 Å². The van der Waals surface area contributed by atoms with Gasteiger partial charge in [0, 0.05) is 6.92 Å². The van der Waals surface area contributed by atoms with Crippen molar-refractivity contribution < 1.29 is 14.6 Å². The standard InChI is InChI=1S/C12H11N3O4/c1-7(16)13-12-14-10(17)9(11(18)15-12)19-8-5-3-2-4-6-8/h2-6H,1H3,(H3,13,14,15,16,17,18). The number of para-hydroxylation sites is 1. The van der Waals surface area contributed by atoms with Crippen molar-refractivity contribution in [1.29, 1.82) is 0 Å². The molecule has 1 amide bonds. The van der Waals surface area contributed by atoms with Gasteiger partial charge in [0.15, 0.2) is 0 Å². The van der Waals surface area contributed by atoms with Crippen LogP contribution in [0, 0.1) is 0 Å². The summed E-state index contributed by atoms with van der Waals surface area (Å²) in [5.41, 5.74) is -0.694. The molecule has 0 atom stereocenters. The predicted octanol–water partition coefficient (Wildman–Crippen LogP) is 1.23. The minimum absolute atomic E-state index is 0.143. The van der Waals surface area contributed by atoms with Gasteiger partial charge >= 0.3 is 0 Å². The number of nitrogens with one attached hydrogen (secondary N) is 2. The summed E-state index contributed by atoms with van der Waals surface area (Å²) in [5.74, 6) is -1.11. The van der Waals surface area contributed by atoms with E-state index in [4.69, 9.17) is 4.74 Å². The van der Waals surface area contributed by atoms with Crippen molar-refractivity contribution in [2.45, 2.75) is 6.92 Å². The number of ether oxygens (including phenoxy) is 1. The number of aromatic nitrogens is 2. The molecule has 0 saturated heterocycles. The molecular weight excluding hydrogens is 250 g/mol. The van der Waals surface area contributed by atoms with E-state index in [0.717, 1.165) is 0 Å². The summed E-state index contributed by atoms with van der Waals surface area (Å²) in [6, 6.07) is 8.48. The fourth-order valence-corrected chi connectivity index (χ4v) is 1.37. The van der Waals surface area contributed by atoms with Gasteiger partial charge in [-0.3, -0.25) is 19.9 Å². The summed E-state index contributed by atoms with van der Waals surface area (Å²) < 4.78 is 5.23. The Morgan fingerprint density at radius 1 is 1.37 bits per heavy atom. The highest BCUT2D eigenvalue weighted by Gasteiger charge is 2.13. The van der Waals surface area contributed by atoms with E-state index in [2.05, 4.69) is 15.3 Å². The molecule has 19 heavy (non-hydrogen) atoms. The first-order valence-electron chi connectivity index (χ1n) is 5.40. The number of aromatic hydroxyl groups is 1. The van der Waals surface area contributed by atoms with Crippen LogP contribution < -0.4 is 15.6 Å². The van der Waals surface area contributed by atoms with E-state index in [0.29, 0.717) is 5.75 Å². The van der Waals surface area contributed by atoms with Crippen LogP contribution >= 0.6 is 0 Å². The summed E-state index contributed by atoms with van der Waals surface area (Å²) in [4.78, 5) is 28.4. The monoisotopic (exact) mass is 261 g/mol. The van der Waals surface area contributed by atoms with Crippen molar-refractivity contribution >= 4 is 11.9 Å². The molecule has 0 saturated carbocycles. The van der Waals surface area contributed by atoms with Crippen LogP contribution in [0.3, 0.4) is 0 Å². The largest absolute Gasteiger partial charge is 0.490 e. The number of carbonyl (C=O) groups excluding carboxylic acids is 1. The SMILES string of the molecule is CC(=O)Nc1nc(O)c(Oc2ccccc2)c(=O)[nH]1. The van der Waals surface area contributed by atoms with Gasteiger partial charge in [-0.1, -0.05) is 18.2 Å². The van der Waals surface area contributed by atoms with E-state index in [-0.39, 0.29) is 11.7 Å². The van der Waals surface area contributed by atoms with Gasteiger partial charge in [0.05, 0.1) is 0 Å². The molecule has 0 aliphatic rings. The van der Waals surface area contributed by atoms with Crippen LogP contribution in [0.5, 0.6) is 17.4 Å². The summed E-state index contributed by atoms with van der Waals surface area (Å²) in [7, 11) is 0. The first kappa shape index (κ1) is 12.6. The fourth-order valence-electron chi connectivity index (χ4n) is 1.37. The second-order valence-electron chi connectivity index (χ2n) is 3.66. The van der Waals surface area contributed by atoms with E-state index >= 15 is 0 Å². The number of hydrogen-bond acceptors (Lipinski definition) is 5. The number of hydrogen-bond donors (Lipinski definition) is 3. The summed E-state index contributed by atoms with van der Waals surface area (Å²) in [6.45, 7) is 1.26. The third kappa shape index (κ3) is 3.09. The van der Waals surface area contributed by atoms with Gasteiger partial charge < -0.3 is 9.84 Å². The Morgan fingerprint density at radius 3 is 2.63 bits per heavy atom. The molecule has 0 bridgehead atoms. The zero-order valence-electron chi connectivity index (χ0n) is 10.0. The van der Waals surface area contributed by atoms with Gasteiger partial charge in [-0.25, -0.2) is 0 Å². The highest BCUT2D eigenvalue weighted by atomic mass is 16.5. The summed E-state index contributed by atoms with van der Waals surface area (Å²) in [5, 5.41) is 11.9. The third-order valence-corrected chi connectivity index (χ3v) is 2.12. The Kier molecular flexibility index (Phi) is 3.46. The number of carbonyl (C=O) groups is 1. The number of aromatic amines is 1. The lowest BCUT2D eigenvalue weighted by molar-refractivity contribution is -0.114. The molecular formula is C12H11N3O4. The first-order valence-corrected chi connectivity index (χ1v) is 5.40. The summed E-state index contributed by atoms with van der Waals surface area (Å²) >= 11 is 0. The molecule has 1 heterocycles. The second-order valence-corrected chi connectivity index (χ2v) is 3.66.